The third kappa shape index (κ3) is 3.48. The Balaban J connectivity index is 1.68. The van der Waals surface area contributed by atoms with E-state index in [0.717, 1.165) is 42.7 Å². The van der Waals surface area contributed by atoms with Gasteiger partial charge in [0.05, 0.1) is 32.1 Å². The molecule has 0 unspecified atom stereocenters. The Bertz CT molecular complexity index is 619. The molecule has 0 saturated carbocycles. The number of benzene rings is 1. The maximum atomic E-state index is 5.88. The Labute approximate surface area is 130 Å². The number of morpholine rings is 1. The maximum absolute atomic E-state index is 5.88. The van der Waals surface area contributed by atoms with E-state index in [-0.39, 0.29) is 5.60 Å². The maximum Gasteiger partial charge on any atom is 0.209 e. The molecule has 0 amide bonds. The predicted molar refractivity (Wildman–Crippen MR) is 83.8 cm³/mol. The molecule has 3 rings (SSSR count). The molecule has 0 radical (unpaired) electrons. The lowest BCUT2D eigenvalue weighted by atomic mass is 10.1. The molecule has 0 spiro atoms. The normalized spacial score (nSPS) is 18.3. The van der Waals surface area contributed by atoms with Crippen LogP contribution in [0.1, 0.15) is 19.7 Å². The lowest BCUT2D eigenvalue weighted by Crippen LogP contribution is -2.47. The van der Waals surface area contributed by atoms with E-state index in [4.69, 9.17) is 13.9 Å². The van der Waals surface area contributed by atoms with E-state index < -0.39 is 0 Å². The molecule has 118 valence electrons. The van der Waals surface area contributed by atoms with E-state index in [1.807, 2.05) is 24.3 Å². The summed E-state index contributed by atoms with van der Waals surface area (Å²) in [6, 6.07) is 7.78. The molecule has 0 aliphatic carbocycles. The smallest absolute Gasteiger partial charge is 0.209 e. The highest BCUT2D eigenvalue weighted by Gasteiger charge is 2.27. The molecule has 0 atom stereocenters. The summed E-state index contributed by atoms with van der Waals surface area (Å²) in [7, 11) is 1.66. The van der Waals surface area contributed by atoms with Gasteiger partial charge in [0.1, 0.15) is 5.75 Å². The average Bonchev–Trinajstić information content (AvgIpc) is 2.95. The number of rotatable bonds is 4. The van der Waals surface area contributed by atoms with Crippen molar-refractivity contribution >= 4 is 0 Å². The van der Waals surface area contributed by atoms with Crippen LogP contribution in [0.15, 0.2) is 34.9 Å². The second-order valence-corrected chi connectivity index (χ2v) is 6.17. The molecule has 1 aromatic heterocycles. The monoisotopic (exact) mass is 302 g/mol. The first kappa shape index (κ1) is 15.1. The SMILES string of the molecule is COc1ccc(-c2cnc(CN3CCOC(C)(C)C3)o2)cc1. The number of hydrogen-bond donors (Lipinski definition) is 0. The van der Waals surface area contributed by atoms with Gasteiger partial charge in [0.2, 0.25) is 5.89 Å². The number of oxazole rings is 1. The molecule has 22 heavy (non-hydrogen) atoms. The summed E-state index contributed by atoms with van der Waals surface area (Å²) in [4.78, 5) is 6.71. The molecule has 0 N–H and O–H groups in total. The van der Waals surface area contributed by atoms with E-state index in [1.165, 1.54) is 0 Å². The van der Waals surface area contributed by atoms with Crippen LogP contribution in [0.2, 0.25) is 0 Å². The zero-order chi connectivity index (χ0) is 15.6. The van der Waals surface area contributed by atoms with Crippen molar-refractivity contribution in [2.24, 2.45) is 0 Å². The molecular weight excluding hydrogens is 280 g/mol. The molecule has 1 saturated heterocycles. The van der Waals surface area contributed by atoms with E-state index in [9.17, 15) is 0 Å². The van der Waals surface area contributed by atoms with Gasteiger partial charge in [-0.2, -0.15) is 0 Å². The largest absolute Gasteiger partial charge is 0.497 e. The van der Waals surface area contributed by atoms with Crippen molar-refractivity contribution in [3.05, 3.63) is 36.4 Å². The minimum Gasteiger partial charge on any atom is -0.497 e. The third-order valence-electron chi connectivity index (χ3n) is 3.79. The standard InChI is InChI=1S/C17H22N2O3/c1-17(2)12-19(8-9-21-17)11-16-18-10-15(22-16)13-4-6-14(20-3)7-5-13/h4-7,10H,8-9,11-12H2,1-3H3. The average molecular weight is 302 g/mol. The molecule has 5 heteroatoms. The van der Waals surface area contributed by atoms with Gasteiger partial charge in [-0.15, -0.1) is 0 Å². The number of aromatic nitrogens is 1. The van der Waals surface area contributed by atoms with Crippen molar-refractivity contribution in [1.82, 2.24) is 9.88 Å². The van der Waals surface area contributed by atoms with Crippen LogP contribution in [0.3, 0.4) is 0 Å². The van der Waals surface area contributed by atoms with Crippen LogP contribution in [0.25, 0.3) is 11.3 Å². The first-order valence-corrected chi connectivity index (χ1v) is 7.51. The highest BCUT2D eigenvalue weighted by Crippen LogP contribution is 2.24. The first-order chi connectivity index (χ1) is 10.6. The lowest BCUT2D eigenvalue weighted by molar-refractivity contribution is -0.0897. The van der Waals surface area contributed by atoms with Crippen molar-refractivity contribution < 1.29 is 13.9 Å². The van der Waals surface area contributed by atoms with Gasteiger partial charge in [-0.3, -0.25) is 4.90 Å². The van der Waals surface area contributed by atoms with Crippen LogP contribution in [0.5, 0.6) is 5.75 Å². The lowest BCUT2D eigenvalue weighted by Gasteiger charge is -2.37. The zero-order valence-corrected chi connectivity index (χ0v) is 13.3. The first-order valence-electron chi connectivity index (χ1n) is 7.51. The summed E-state index contributed by atoms with van der Waals surface area (Å²) in [5.74, 6) is 2.35. The predicted octanol–water partition coefficient (Wildman–Crippen LogP) is 2.96. The van der Waals surface area contributed by atoms with Gasteiger partial charge in [-0.25, -0.2) is 4.98 Å². The van der Waals surface area contributed by atoms with Crippen molar-refractivity contribution in [1.29, 1.82) is 0 Å². The van der Waals surface area contributed by atoms with Gasteiger partial charge in [0.15, 0.2) is 5.76 Å². The van der Waals surface area contributed by atoms with Gasteiger partial charge >= 0.3 is 0 Å². The molecule has 2 heterocycles. The zero-order valence-electron chi connectivity index (χ0n) is 13.3. The number of nitrogens with zero attached hydrogens (tertiary/aromatic N) is 2. The molecule has 5 nitrogen and oxygen atoms in total. The Hall–Kier alpha value is -1.85. The van der Waals surface area contributed by atoms with Crippen LogP contribution in [0, 0.1) is 0 Å². The van der Waals surface area contributed by atoms with E-state index in [1.54, 1.807) is 13.3 Å². The number of hydrogen-bond acceptors (Lipinski definition) is 5. The highest BCUT2D eigenvalue weighted by molar-refractivity contribution is 5.57. The third-order valence-corrected chi connectivity index (χ3v) is 3.79. The summed E-state index contributed by atoms with van der Waals surface area (Å²) in [6.07, 6.45) is 1.78. The molecule has 1 aliphatic rings. The Morgan fingerprint density at radius 2 is 2.05 bits per heavy atom. The van der Waals surface area contributed by atoms with E-state index in [0.29, 0.717) is 6.54 Å². The fourth-order valence-electron chi connectivity index (χ4n) is 2.71. The van der Waals surface area contributed by atoms with Crippen LogP contribution in [-0.2, 0) is 11.3 Å². The molecule has 1 fully saturated rings. The van der Waals surface area contributed by atoms with Crippen LogP contribution in [-0.4, -0.2) is 42.3 Å². The number of ether oxygens (including phenoxy) is 2. The quantitative estimate of drug-likeness (QED) is 0.869. The van der Waals surface area contributed by atoms with Crippen molar-refractivity contribution in [3.8, 4) is 17.1 Å². The van der Waals surface area contributed by atoms with Gasteiger partial charge < -0.3 is 13.9 Å². The van der Waals surface area contributed by atoms with Crippen LogP contribution < -0.4 is 4.74 Å². The van der Waals surface area contributed by atoms with Crippen LogP contribution in [0.4, 0.5) is 0 Å². The minimum absolute atomic E-state index is 0.107. The van der Waals surface area contributed by atoms with E-state index >= 15 is 0 Å². The molecule has 1 aliphatic heterocycles. The summed E-state index contributed by atoms with van der Waals surface area (Å²) in [5, 5.41) is 0. The molecular formula is C17H22N2O3. The Kier molecular flexibility index (Phi) is 4.18. The number of methoxy groups -OCH3 is 1. The summed E-state index contributed by atoms with van der Waals surface area (Å²) in [5.41, 5.74) is 0.894. The van der Waals surface area contributed by atoms with Gasteiger partial charge in [-0.05, 0) is 38.1 Å². The molecule has 2 aromatic rings. The second kappa shape index (κ2) is 6.10. The van der Waals surface area contributed by atoms with Crippen molar-refractivity contribution in [3.63, 3.8) is 0 Å². The highest BCUT2D eigenvalue weighted by atomic mass is 16.5. The Morgan fingerprint density at radius 1 is 1.27 bits per heavy atom. The fraction of sp³-hybridized carbons (Fsp3) is 0.471. The Morgan fingerprint density at radius 3 is 2.73 bits per heavy atom. The molecule has 1 aromatic carbocycles. The van der Waals surface area contributed by atoms with Crippen molar-refractivity contribution in [2.45, 2.75) is 26.0 Å². The summed E-state index contributed by atoms with van der Waals surface area (Å²) >= 11 is 0. The summed E-state index contributed by atoms with van der Waals surface area (Å²) in [6.45, 7) is 7.47. The van der Waals surface area contributed by atoms with Crippen molar-refractivity contribution in [2.75, 3.05) is 26.8 Å². The minimum atomic E-state index is -0.107. The van der Waals surface area contributed by atoms with Gasteiger partial charge in [0.25, 0.3) is 0 Å². The topological polar surface area (TPSA) is 47.7 Å². The fourth-order valence-corrected chi connectivity index (χ4v) is 2.71. The molecule has 0 bridgehead atoms. The summed E-state index contributed by atoms with van der Waals surface area (Å²) < 4.78 is 16.8. The van der Waals surface area contributed by atoms with Gasteiger partial charge in [0, 0.05) is 18.7 Å². The second-order valence-electron chi connectivity index (χ2n) is 6.17. The van der Waals surface area contributed by atoms with E-state index in [2.05, 4.69) is 23.7 Å². The van der Waals surface area contributed by atoms with Gasteiger partial charge in [-0.1, -0.05) is 0 Å². The van der Waals surface area contributed by atoms with Crippen LogP contribution >= 0.6 is 0 Å².